The molecule has 1 aliphatic heterocycles. The molecule has 158 valence electrons. The van der Waals surface area contributed by atoms with E-state index in [9.17, 15) is 9.90 Å². The van der Waals surface area contributed by atoms with Gasteiger partial charge in [0.1, 0.15) is 5.82 Å². The molecule has 1 aromatic carbocycles. The molecule has 0 bridgehead atoms. The Balaban J connectivity index is 1.36. The third-order valence-electron chi connectivity index (χ3n) is 5.02. The lowest BCUT2D eigenvalue weighted by atomic mass is 10.1. The molecule has 9 heteroatoms. The zero-order valence-corrected chi connectivity index (χ0v) is 18.3. The summed E-state index contributed by atoms with van der Waals surface area (Å²) in [5.74, 6) is 0.669. The molecule has 1 atom stereocenters. The van der Waals surface area contributed by atoms with E-state index in [0.29, 0.717) is 24.0 Å². The number of aliphatic hydroxyl groups is 1. The van der Waals surface area contributed by atoms with Crippen molar-refractivity contribution >= 4 is 35.2 Å². The fraction of sp³-hybridized carbons (Fsp3) is 0.500. The smallest absolute Gasteiger partial charge is 0.320 e. The Morgan fingerprint density at radius 3 is 2.72 bits per heavy atom. The number of halogens is 1. The van der Waals surface area contributed by atoms with Crippen molar-refractivity contribution in [3.05, 3.63) is 41.0 Å². The highest BCUT2D eigenvalue weighted by Gasteiger charge is 2.32. The molecule has 1 saturated heterocycles. The molecule has 2 aromatic rings. The number of nitrogens with zero attached hydrogens (tertiary/aromatic N) is 3. The Hall–Kier alpha value is -1.74. The van der Waals surface area contributed by atoms with Gasteiger partial charge in [0.15, 0.2) is 0 Å². The van der Waals surface area contributed by atoms with Gasteiger partial charge in [0.2, 0.25) is 0 Å². The number of nitrogens with one attached hydrogen (secondary N) is 2. The molecule has 0 unspecified atom stereocenters. The van der Waals surface area contributed by atoms with Crippen LogP contribution in [0.2, 0.25) is 5.02 Å². The number of aromatic nitrogens is 2. The topological polar surface area (TPSA) is 82.4 Å². The van der Waals surface area contributed by atoms with Crippen molar-refractivity contribution < 1.29 is 9.90 Å². The number of anilines is 1. The second-order valence-electron chi connectivity index (χ2n) is 7.15. The Morgan fingerprint density at radius 1 is 1.38 bits per heavy atom. The summed E-state index contributed by atoms with van der Waals surface area (Å²) < 4.78 is 1.66. The number of carbonyl (C=O) groups excluding carboxylic acids is 1. The monoisotopic (exact) mass is 437 g/mol. The standard InChI is InChI=1S/C20H28ClN5O2S/c1-3-15-10-19(25(2)24-15)23-20(28)22-9-8-16(13-27)26-11-18(12-26)29-17-6-4-14(21)5-7-17/h4-7,10,16,18,27H,3,8-9,11-13H2,1-2H3,(H2,22,23,28)/t16-/m0/s1. The summed E-state index contributed by atoms with van der Waals surface area (Å²) in [7, 11) is 1.80. The van der Waals surface area contributed by atoms with Crippen LogP contribution < -0.4 is 10.6 Å². The molecule has 3 N–H and O–H groups in total. The van der Waals surface area contributed by atoms with Gasteiger partial charge < -0.3 is 10.4 Å². The molecule has 1 aliphatic rings. The first-order valence-electron chi connectivity index (χ1n) is 9.83. The van der Waals surface area contributed by atoms with Crippen LogP contribution in [0.3, 0.4) is 0 Å². The van der Waals surface area contributed by atoms with E-state index in [1.54, 1.807) is 11.7 Å². The molecule has 1 aromatic heterocycles. The van der Waals surface area contributed by atoms with Crippen LogP contribution in [-0.2, 0) is 13.5 Å². The average Bonchev–Trinajstić information content (AvgIpc) is 3.03. The van der Waals surface area contributed by atoms with Crippen molar-refractivity contribution in [2.24, 2.45) is 7.05 Å². The van der Waals surface area contributed by atoms with Crippen molar-refractivity contribution in [1.82, 2.24) is 20.0 Å². The maximum atomic E-state index is 12.1. The zero-order chi connectivity index (χ0) is 20.8. The molecule has 0 aliphatic carbocycles. The normalized spacial score (nSPS) is 15.7. The minimum atomic E-state index is -0.257. The summed E-state index contributed by atoms with van der Waals surface area (Å²) in [5.41, 5.74) is 0.937. The van der Waals surface area contributed by atoms with Gasteiger partial charge in [-0.25, -0.2) is 4.79 Å². The summed E-state index contributed by atoms with van der Waals surface area (Å²) in [6.45, 7) is 4.47. The van der Waals surface area contributed by atoms with Crippen LogP contribution >= 0.6 is 23.4 Å². The van der Waals surface area contributed by atoms with E-state index in [0.717, 1.165) is 30.2 Å². The van der Waals surface area contributed by atoms with Crippen molar-refractivity contribution in [3.63, 3.8) is 0 Å². The van der Waals surface area contributed by atoms with E-state index in [2.05, 4.69) is 20.6 Å². The Labute approximate surface area is 180 Å². The summed E-state index contributed by atoms with van der Waals surface area (Å²) in [4.78, 5) is 15.6. The van der Waals surface area contributed by atoms with Gasteiger partial charge in [-0.1, -0.05) is 18.5 Å². The SMILES string of the molecule is CCc1cc(NC(=O)NCC[C@@H](CO)N2CC(Sc3ccc(Cl)cc3)C2)n(C)n1. The van der Waals surface area contributed by atoms with Crippen LogP contribution in [-0.4, -0.2) is 63.4 Å². The predicted molar refractivity (Wildman–Crippen MR) is 118 cm³/mol. The van der Waals surface area contributed by atoms with Crippen molar-refractivity contribution in [2.45, 2.75) is 36.0 Å². The van der Waals surface area contributed by atoms with Gasteiger partial charge in [0, 0.05) is 54.0 Å². The van der Waals surface area contributed by atoms with Gasteiger partial charge in [-0.3, -0.25) is 14.9 Å². The van der Waals surface area contributed by atoms with Gasteiger partial charge in [0.25, 0.3) is 0 Å². The first-order valence-corrected chi connectivity index (χ1v) is 11.1. The zero-order valence-electron chi connectivity index (χ0n) is 16.8. The van der Waals surface area contributed by atoms with Gasteiger partial charge in [0.05, 0.1) is 12.3 Å². The van der Waals surface area contributed by atoms with E-state index in [1.165, 1.54) is 4.90 Å². The molecule has 2 heterocycles. The lowest BCUT2D eigenvalue weighted by Gasteiger charge is -2.43. The molecular weight excluding hydrogens is 410 g/mol. The summed E-state index contributed by atoms with van der Waals surface area (Å²) >= 11 is 7.76. The molecule has 7 nitrogen and oxygen atoms in total. The van der Waals surface area contributed by atoms with Gasteiger partial charge in [-0.2, -0.15) is 5.10 Å². The second kappa shape index (κ2) is 10.3. The fourth-order valence-corrected chi connectivity index (χ4v) is 4.60. The molecule has 2 amide bonds. The number of urea groups is 1. The van der Waals surface area contributed by atoms with Gasteiger partial charge in [-0.05, 0) is 37.1 Å². The Kier molecular flexibility index (Phi) is 7.83. The van der Waals surface area contributed by atoms with E-state index >= 15 is 0 Å². The second-order valence-corrected chi connectivity index (χ2v) is 8.96. The number of rotatable bonds is 9. The van der Waals surface area contributed by atoms with Crippen LogP contribution in [0, 0.1) is 0 Å². The van der Waals surface area contributed by atoms with Crippen molar-refractivity contribution in [3.8, 4) is 0 Å². The molecule has 0 spiro atoms. The van der Waals surface area contributed by atoms with Crippen LogP contribution in [0.25, 0.3) is 0 Å². The van der Waals surface area contributed by atoms with Crippen LogP contribution in [0.1, 0.15) is 19.0 Å². The number of hydrogen-bond acceptors (Lipinski definition) is 5. The number of amides is 2. The van der Waals surface area contributed by atoms with E-state index in [-0.39, 0.29) is 18.7 Å². The summed E-state index contributed by atoms with van der Waals surface area (Å²) in [6.07, 6.45) is 1.52. The third kappa shape index (κ3) is 6.12. The van der Waals surface area contributed by atoms with Crippen LogP contribution in [0.4, 0.5) is 10.6 Å². The lowest BCUT2D eigenvalue weighted by molar-refractivity contribution is 0.0720. The first-order chi connectivity index (χ1) is 14.0. The highest BCUT2D eigenvalue weighted by atomic mass is 35.5. The van der Waals surface area contributed by atoms with Crippen LogP contribution in [0.15, 0.2) is 35.2 Å². The maximum absolute atomic E-state index is 12.1. The number of carbonyl (C=O) groups is 1. The number of benzene rings is 1. The average molecular weight is 438 g/mol. The van der Waals surface area contributed by atoms with E-state index < -0.39 is 0 Å². The molecule has 3 rings (SSSR count). The lowest BCUT2D eigenvalue weighted by Crippen LogP contribution is -2.55. The largest absolute Gasteiger partial charge is 0.395 e. The molecule has 0 radical (unpaired) electrons. The molecule has 0 saturated carbocycles. The van der Waals surface area contributed by atoms with E-state index in [1.807, 2.05) is 49.0 Å². The van der Waals surface area contributed by atoms with Gasteiger partial charge in [-0.15, -0.1) is 11.8 Å². The quantitative estimate of drug-likeness (QED) is 0.561. The van der Waals surface area contributed by atoms with Crippen LogP contribution in [0.5, 0.6) is 0 Å². The molecule has 29 heavy (non-hydrogen) atoms. The number of thioether (sulfide) groups is 1. The predicted octanol–water partition coefficient (Wildman–Crippen LogP) is 2.98. The van der Waals surface area contributed by atoms with Crippen molar-refractivity contribution in [2.75, 3.05) is 31.6 Å². The van der Waals surface area contributed by atoms with E-state index in [4.69, 9.17) is 11.6 Å². The minimum absolute atomic E-state index is 0.0563. The maximum Gasteiger partial charge on any atom is 0.320 e. The highest BCUT2D eigenvalue weighted by Crippen LogP contribution is 2.31. The number of likely N-dealkylation sites (tertiary alicyclic amines) is 1. The number of aliphatic hydroxyl groups excluding tert-OH is 1. The molecular formula is C20H28ClN5O2S. The minimum Gasteiger partial charge on any atom is -0.395 e. The number of aryl methyl sites for hydroxylation is 2. The fourth-order valence-electron chi connectivity index (χ4n) is 3.27. The summed E-state index contributed by atoms with van der Waals surface area (Å²) in [6, 6.07) is 9.55. The Bertz CT molecular complexity index is 808. The third-order valence-corrected chi connectivity index (χ3v) is 6.44. The first kappa shape index (κ1) is 22.0. The number of hydrogen-bond donors (Lipinski definition) is 3. The van der Waals surface area contributed by atoms with Crippen molar-refractivity contribution in [1.29, 1.82) is 0 Å². The van der Waals surface area contributed by atoms with Gasteiger partial charge >= 0.3 is 6.03 Å². The Morgan fingerprint density at radius 2 is 2.10 bits per heavy atom. The summed E-state index contributed by atoms with van der Waals surface area (Å²) in [5, 5.41) is 21.0. The highest BCUT2D eigenvalue weighted by molar-refractivity contribution is 8.00. The molecule has 1 fully saturated rings.